The second kappa shape index (κ2) is 6.62. The van der Waals surface area contributed by atoms with Crippen molar-refractivity contribution >= 4 is 17.2 Å². The molecule has 4 heterocycles. The van der Waals surface area contributed by atoms with Crippen LogP contribution >= 0.6 is 11.3 Å². The van der Waals surface area contributed by atoms with Gasteiger partial charge >= 0.3 is 0 Å². The smallest absolute Gasteiger partial charge is 0.225 e. The third-order valence-electron chi connectivity index (χ3n) is 4.45. The predicted molar refractivity (Wildman–Crippen MR) is 87.7 cm³/mol. The molecule has 4 rings (SSSR count). The fourth-order valence-electron chi connectivity index (χ4n) is 3.20. The quantitative estimate of drug-likeness (QED) is 0.914. The van der Waals surface area contributed by atoms with Crippen LogP contribution in [-0.2, 0) is 20.7 Å². The van der Waals surface area contributed by atoms with Crippen LogP contribution in [0.3, 0.4) is 0 Å². The van der Waals surface area contributed by atoms with Crippen molar-refractivity contribution in [3.05, 3.63) is 33.5 Å². The van der Waals surface area contributed by atoms with Gasteiger partial charge in [0.15, 0.2) is 5.82 Å². The first kappa shape index (κ1) is 15.7. The molecular formula is C16H20N4O3S. The highest BCUT2D eigenvalue weighted by Gasteiger charge is 2.31. The SMILES string of the molecule is Cc1nc([C@H]2CN(C(=O)C[C@H]3OCCc4ccsc43)CCO2)n[nH]1. The third kappa shape index (κ3) is 3.09. The van der Waals surface area contributed by atoms with E-state index in [-0.39, 0.29) is 18.1 Å². The average molecular weight is 348 g/mol. The first-order valence-electron chi connectivity index (χ1n) is 8.17. The summed E-state index contributed by atoms with van der Waals surface area (Å²) in [6.45, 7) is 4.12. The molecule has 0 aliphatic carbocycles. The maximum atomic E-state index is 12.7. The number of ether oxygens (including phenoxy) is 2. The number of carbonyl (C=O) groups excluding carboxylic acids is 1. The van der Waals surface area contributed by atoms with Crippen LogP contribution in [0.2, 0.25) is 0 Å². The van der Waals surface area contributed by atoms with E-state index in [4.69, 9.17) is 9.47 Å². The Morgan fingerprint density at radius 2 is 2.38 bits per heavy atom. The number of nitrogens with zero attached hydrogens (tertiary/aromatic N) is 3. The summed E-state index contributed by atoms with van der Waals surface area (Å²) in [5, 5.41) is 9.05. The molecule has 0 unspecified atom stereocenters. The molecule has 2 aliphatic heterocycles. The molecule has 2 aromatic heterocycles. The minimum Gasteiger partial charge on any atom is -0.372 e. The standard InChI is InChI=1S/C16H20N4O3S/c1-10-17-16(19-18-10)13-9-20(4-6-23-13)14(21)8-12-15-11(2-5-22-12)3-7-24-15/h3,7,12-13H,2,4-6,8-9H2,1H3,(H,17,18,19)/t12-,13-/m1/s1. The first-order valence-corrected chi connectivity index (χ1v) is 9.05. The van der Waals surface area contributed by atoms with Crippen molar-refractivity contribution in [2.75, 3.05) is 26.3 Å². The summed E-state index contributed by atoms with van der Waals surface area (Å²) < 4.78 is 11.6. The number of amides is 1. The molecule has 0 bridgehead atoms. The number of thiophene rings is 1. The second-order valence-electron chi connectivity index (χ2n) is 6.10. The number of fused-ring (bicyclic) bond motifs is 1. The molecule has 1 N–H and O–H groups in total. The molecule has 24 heavy (non-hydrogen) atoms. The molecule has 2 aliphatic rings. The van der Waals surface area contributed by atoms with Crippen molar-refractivity contribution < 1.29 is 14.3 Å². The normalized spacial score (nSPS) is 24.0. The lowest BCUT2D eigenvalue weighted by molar-refractivity contribution is -0.142. The Morgan fingerprint density at radius 3 is 3.21 bits per heavy atom. The number of rotatable bonds is 3. The van der Waals surface area contributed by atoms with Crippen LogP contribution in [0.1, 0.15) is 40.7 Å². The minimum atomic E-state index is -0.266. The van der Waals surface area contributed by atoms with E-state index in [2.05, 4.69) is 26.6 Å². The van der Waals surface area contributed by atoms with E-state index in [9.17, 15) is 4.79 Å². The molecule has 1 amide bonds. The van der Waals surface area contributed by atoms with Gasteiger partial charge in [-0.05, 0) is 30.4 Å². The van der Waals surface area contributed by atoms with Crippen LogP contribution in [0.4, 0.5) is 0 Å². The monoisotopic (exact) mass is 348 g/mol. The number of nitrogens with one attached hydrogen (secondary N) is 1. The summed E-state index contributed by atoms with van der Waals surface area (Å²) in [6.07, 6.45) is 0.936. The van der Waals surface area contributed by atoms with Gasteiger partial charge in [-0.25, -0.2) is 4.98 Å². The molecule has 0 radical (unpaired) electrons. The number of hydrogen-bond acceptors (Lipinski definition) is 6. The number of carbonyl (C=O) groups is 1. The zero-order valence-electron chi connectivity index (χ0n) is 13.5. The summed E-state index contributed by atoms with van der Waals surface area (Å²) in [5.74, 6) is 1.46. The van der Waals surface area contributed by atoms with Crippen molar-refractivity contribution in [2.24, 2.45) is 0 Å². The fourth-order valence-corrected chi connectivity index (χ4v) is 4.20. The van der Waals surface area contributed by atoms with E-state index in [1.54, 1.807) is 11.3 Å². The van der Waals surface area contributed by atoms with Gasteiger partial charge in [-0.2, -0.15) is 5.10 Å². The third-order valence-corrected chi connectivity index (χ3v) is 5.50. The Balaban J connectivity index is 1.42. The molecule has 1 fully saturated rings. The van der Waals surface area contributed by atoms with E-state index < -0.39 is 0 Å². The van der Waals surface area contributed by atoms with E-state index in [0.29, 0.717) is 38.5 Å². The fraction of sp³-hybridized carbons (Fsp3) is 0.562. The topological polar surface area (TPSA) is 80.3 Å². The van der Waals surface area contributed by atoms with Crippen molar-refractivity contribution in [1.29, 1.82) is 0 Å². The van der Waals surface area contributed by atoms with E-state index >= 15 is 0 Å². The zero-order valence-corrected chi connectivity index (χ0v) is 14.3. The van der Waals surface area contributed by atoms with Crippen molar-refractivity contribution in [1.82, 2.24) is 20.1 Å². The van der Waals surface area contributed by atoms with Crippen molar-refractivity contribution in [2.45, 2.75) is 32.0 Å². The maximum Gasteiger partial charge on any atom is 0.225 e. The average Bonchev–Trinajstić information content (AvgIpc) is 3.24. The van der Waals surface area contributed by atoms with Gasteiger partial charge < -0.3 is 14.4 Å². The number of hydrogen-bond donors (Lipinski definition) is 1. The Kier molecular flexibility index (Phi) is 4.34. The highest BCUT2D eigenvalue weighted by molar-refractivity contribution is 7.10. The number of H-pyrrole nitrogens is 1. The van der Waals surface area contributed by atoms with Gasteiger partial charge in [0.1, 0.15) is 18.0 Å². The van der Waals surface area contributed by atoms with Crippen molar-refractivity contribution in [3.63, 3.8) is 0 Å². The van der Waals surface area contributed by atoms with E-state index in [1.165, 1.54) is 10.4 Å². The highest BCUT2D eigenvalue weighted by Crippen LogP contribution is 2.34. The molecule has 0 spiro atoms. The molecule has 7 nitrogen and oxygen atoms in total. The Morgan fingerprint density at radius 1 is 1.46 bits per heavy atom. The summed E-state index contributed by atoms with van der Waals surface area (Å²) in [6, 6.07) is 2.14. The van der Waals surface area contributed by atoms with Crippen LogP contribution in [0, 0.1) is 6.92 Å². The van der Waals surface area contributed by atoms with Crippen LogP contribution in [-0.4, -0.2) is 52.3 Å². The molecule has 0 aromatic carbocycles. The number of aryl methyl sites for hydroxylation is 1. The van der Waals surface area contributed by atoms with Gasteiger partial charge in [0.2, 0.25) is 5.91 Å². The molecule has 8 heteroatoms. The van der Waals surface area contributed by atoms with Gasteiger partial charge in [-0.15, -0.1) is 11.3 Å². The minimum absolute atomic E-state index is 0.0989. The lowest BCUT2D eigenvalue weighted by Gasteiger charge is -2.33. The van der Waals surface area contributed by atoms with E-state index in [0.717, 1.165) is 12.2 Å². The van der Waals surface area contributed by atoms with Gasteiger partial charge in [0, 0.05) is 11.4 Å². The molecule has 1 saturated heterocycles. The van der Waals surface area contributed by atoms with Crippen LogP contribution in [0.25, 0.3) is 0 Å². The second-order valence-corrected chi connectivity index (χ2v) is 7.05. The molecule has 2 atom stereocenters. The summed E-state index contributed by atoms with van der Waals surface area (Å²) in [5.41, 5.74) is 1.32. The number of morpholine rings is 1. The predicted octanol–water partition coefficient (Wildman–Crippen LogP) is 1.78. The largest absolute Gasteiger partial charge is 0.372 e. The lowest BCUT2D eigenvalue weighted by atomic mass is 10.0. The highest BCUT2D eigenvalue weighted by atomic mass is 32.1. The molecule has 128 valence electrons. The van der Waals surface area contributed by atoms with Crippen molar-refractivity contribution in [3.8, 4) is 0 Å². The molecule has 2 aromatic rings. The first-order chi connectivity index (χ1) is 11.7. The summed E-state index contributed by atoms with van der Waals surface area (Å²) in [4.78, 5) is 20.1. The summed E-state index contributed by atoms with van der Waals surface area (Å²) >= 11 is 1.68. The Bertz CT molecular complexity index is 728. The Hall–Kier alpha value is -1.77. The van der Waals surface area contributed by atoms with Gasteiger partial charge in [0.25, 0.3) is 0 Å². The van der Waals surface area contributed by atoms with Crippen LogP contribution in [0.5, 0.6) is 0 Å². The Labute approximate surface area is 144 Å². The molecular weight excluding hydrogens is 328 g/mol. The summed E-state index contributed by atoms with van der Waals surface area (Å²) in [7, 11) is 0. The van der Waals surface area contributed by atoms with E-state index in [1.807, 2.05) is 11.8 Å². The number of aromatic nitrogens is 3. The van der Waals surface area contributed by atoms with Gasteiger partial charge in [0.05, 0.1) is 26.2 Å². The van der Waals surface area contributed by atoms with Crippen LogP contribution in [0.15, 0.2) is 11.4 Å². The van der Waals surface area contributed by atoms with Gasteiger partial charge in [-0.1, -0.05) is 0 Å². The number of aromatic amines is 1. The van der Waals surface area contributed by atoms with Gasteiger partial charge in [-0.3, -0.25) is 9.89 Å². The lowest BCUT2D eigenvalue weighted by Crippen LogP contribution is -2.43. The maximum absolute atomic E-state index is 12.7. The van der Waals surface area contributed by atoms with Crippen LogP contribution < -0.4 is 0 Å². The molecule has 0 saturated carbocycles. The zero-order chi connectivity index (χ0) is 16.5.